The number of rotatable bonds is 5. The van der Waals surface area contributed by atoms with Gasteiger partial charge in [-0.15, -0.1) is 0 Å². The monoisotopic (exact) mass is 277 g/mol. The number of amides is 2. The van der Waals surface area contributed by atoms with E-state index >= 15 is 0 Å². The van der Waals surface area contributed by atoms with E-state index in [0.29, 0.717) is 13.1 Å². The molecular weight excluding hydrogens is 258 g/mol. The summed E-state index contributed by atoms with van der Waals surface area (Å²) in [5, 5.41) is 11.7. The van der Waals surface area contributed by atoms with Crippen LogP contribution < -0.4 is 5.32 Å². The second-order valence-corrected chi connectivity index (χ2v) is 4.92. The Bertz CT molecular complexity index is 464. The van der Waals surface area contributed by atoms with Gasteiger partial charge in [-0.2, -0.15) is 0 Å². The van der Waals surface area contributed by atoms with E-state index in [0.717, 1.165) is 24.8 Å². The van der Waals surface area contributed by atoms with Crippen molar-refractivity contribution in [2.75, 3.05) is 13.1 Å². The lowest BCUT2D eigenvalue weighted by molar-refractivity contribution is -0.137. The van der Waals surface area contributed by atoms with Crippen LogP contribution in [0.4, 0.5) is 4.79 Å². The van der Waals surface area contributed by atoms with Crippen LogP contribution in [-0.4, -0.2) is 46.1 Å². The van der Waals surface area contributed by atoms with Crippen LogP contribution in [0, 0.1) is 0 Å². The van der Waals surface area contributed by atoms with Crippen molar-refractivity contribution in [2.45, 2.75) is 31.7 Å². The van der Waals surface area contributed by atoms with Gasteiger partial charge in [0.1, 0.15) is 0 Å². The fourth-order valence-electron chi connectivity index (χ4n) is 2.48. The quantitative estimate of drug-likeness (QED) is 0.849. The highest BCUT2D eigenvalue weighted by atomic mass is 16.4. The molecule has 1 aromatic heterocycles. The van der Waals surface area contributed by atoms with Crippen molar-refractivity contribution in [2.24, 2.45) is 0 Å². The Kier molecular flexibility index (Phi) is 4.92. The second kappa shape index (κ2) is 6.88. The van der Waals surface area contributed by atoms with Crippen LogP contribution in [0.3, 0.4) is 0 Å². The van der Waals surface area contributed by atoms with Crippen molar-refractivity contribution in [3.05, 3.63) is 30.1 Å². The van der Waals surface area contributed by atoms with Crippen molar-refractivity contribution in [3.63, 3.8) is 0 Å². The van der Waals surface area contributed by atoms with Gasteiger partial charge >= 0.3 is 12.0 Å². The zero-order valence-corrected chi connectivity index (χ0v) is 11.3. The molecule has 6 heteroatoms. The van der Waals surface area contributed by atoms with E-state index in [1.165, 1.54) is 0 Å². The van der Waals surface area contributed by atoms with Crippen molar-refractivity contribution >= 4 is 12.0 Å². The molecule has 2 N–H and O–H groups in total. The molecular formula is C14H19N3O3. The summed E-state index contributed by atoms with van der Waals surface area (Å²) in [6.45, 7) is 1.18. The van der Waals surface area contributed by atoms with Gasteiger partial charge in [0.25, 0.3) is 0 Å². The van der Waals surface area contributed by atoms with Crippen molar-refractivity contribution < 1.29 is 14.7 Å². The van der Waals surface area contributed by atoms with E-state index in [9.17, 15) is 9.59 Å². The summed E-state index contributed by atoms with van der Waals surface area (Å²) in [6.07, 6.45) is 5.85. The SMILES string of the molecule is O=C(O)CC1CCCN1C(=O)NCCc1ccncc1. The zero-order valence-electron chi connectivity index (χ0n) is 11.3. The molecule has 1 fully saturated rings. The minimum atomic E-state index is -0.855. The zero-order chi connectivity index (χ0) is 14.4. The number of nitrogens with zero attached hydrogens (tertiary/aromatic N) is 2. The molecule has 0 radical (unpaired) electrons. The number of pyridine rings is 1. The maximum Gasteiger partial charge on any atom is 0.317 e. The van der Waals surface area contributed by atoms with E-state index in [4.69, 9.17) is 5.11 Å². The molecule has 1 aromatic rings. The molecule has 1 saturated heterocycles. The van der Waals surface area contributed by atoms with Crippen molar-refractivity contribution in [1.29, 1.82) is 0 Å². The predicted molar refractivity (Wildman–Crippen MR) is 73.3 cm³/mol. The molecule has 20 heavy (non-hydrogen) atoms. The van der Waals surface area contributed by atoms with E-state index in [-0.39, 0.29) is 18.5 Å². The summed E-state index contributed by atoms with van der Waals surface area (Å²) in [5.74, 6) is -0.855. The molecule has 2 rings (SSSR count). The van der Waals surface area contributed by atoms with Gasteiger partial charge in [0.2, 0.25) is 0 Å². The number of nitrogens with one attached hydrogen (secondary N) is 1. The predicted octanol–water partition coefficient (Wildman–Crippen LogP) is 1.27. The molecule has 0 bridgehead atoms. The number of aromatic nitrogens is 1. The standard InChI is InChI=1S/C14H19N3O3/c18-13(19)10-12-2-1-9-17(12)14(20)16-8-5-11-3-6-15-7-4-11/h3-4,6-7,12H,1-2,5,8-10H2,(H,16,20)(H,18,19). The second-order valence-electron chi connectivity index (χ2n) is 4.92. The molecule has 0 aliphatic carbocycles. The van der Waals surface area contributed by atoms with Gasteiger partial charge < -0.3 is 15.3 Å². The molecule has 1 unspecified atom stereocenters. The minimum Gasteiger partial charge on any atom is -0.481 e. The summed E-state index contributed by atoms with van der Waals surface area (Å²) in [7, 11) is 0. The van der Waals surface area contributed by atoms with Gasteiger partial charge in [0, 0.05) is 31.5 Å². The number of hydrogen-bond donors (Lipinski definition) is 2. The summed E-state index contributed by atoms with van der Waals surface area (Å²) in [5.41, 5.74) is 1.11. The third-order valence-corrected chi connectivity index (χ3v) is 3.49. The van der Waals surface area contributed by atoms with Crippen LogP contribution in [-0.2, 0) is 11.2 Å². The van der Waals surface area contributed by atoms with Crippen LogP contribution in [0.25, 0.3) is 0 Å². The number of carboxylic acid groups (broad SMARTS) is 1. The summed E-state index contributed by atoms with van der Waals surface area (Å²) in [4.78, 5) is 28.4. The van der Waals surface area contributed by atoms with Crippen molar-refractivity contribution in [1.82, 2.24) is 15.2 Å². The van der Waals surface area contributed by atoms with Crippen LogP contribution in [0.5, 0.6) is 0 Å². The summed E-state index contributed by atoms with van der Waals surface area (Å²) >= 11 is 0. The molecule has 0 spiro atoms. The third kappa shape index (κ3) is 3.94. The Morgan fingerprint density at radius 3 is 2.85 bits per heavy atom. The number of carbonyl (C=O) groups is 2. The van der Waals surface area contributed by atoms with E-state index in [1.54, 1.807) is 17.3 Å². The Balaban J connectivity index is 1.78. The average Bonchev–Trinajstić information content (AvgIpc) is 2.87. The normalized spacial score (nSPS) is 18.0. The lowest BCUT2D eigenvalue weighted by atomic mass is 10.1. The van der Waals surface area contributed by atoms with Crippen LogP contribution in [0.1, 0.15) is 24.8 Å². The topological polar surface area (TPSA) is 82.5 Å². The van der Waals surface area contributed by atoms with Gasteiger partial charge in [-0.25, -0.2) is 4.79 Å². The molecule has 2 heterocycles. The molecule has 0 aromatic carbocycles. The van der Waals surface area contributed by atoms with Gasteiger partial charge in [0.05, 0.1) is 6.42 Å². The molecule has 2 amide bonds. The van der Waals surface area contributed by atoms with Crippen molar-refractivity contribution in [3.8, 4) is 0 Å². The Morgan fingerprint density at radius 2 is 2.15 bits per heavy atom. The molecule has 1 aliphatic rings. The Morgan fingerprint density at radius 1 is 1.40 bits per heavy atom. The number of aliphatic carboxylic acids is 1. The smallest absolute Gasteiger partial charge is 0.317 e. The minimum absolute atomic E-state index is 0.0256. The fourth-order valence-corrected chi connectivity index (χ4v) is 2.48. The van der Waals surface area contributed by atoms with Gasteiger partial charge in [-0.3, -0.25) is 9.78 Å². The highest BCUT2D eigenvalue weighted by molar-refractivity contribution is 5.76. The third-order valence-electron chi connectivity index (χ3n) is 3.49. The van der Waals surface area contributed by atoms with Gasteiger partial charge in [-0.1, -0.05) is 0 Å². The first-order valence-electron chi connectivity index (χ1n) is 6.82. The number of urea groups is 1. The van der Waals surface area contributed by atoms with Crippen LogP contribution in [0.15, 0.2) is 24.5 Å². The number of carbonyl (C=O) groups excluding carboxylic acids is 1. The van der Waals surface area contributed by atoms with Gasteiger partial charge in [-0.05, 0) is 37.0 Å². The molecule has 1 aliphatic heterocycles. The van der Waals surface area contributed by atoms with E-state index in [1.807, 2.05) is 12.1 Å². The number of hydrogen-bond acceptors (Lipinski definition) is 3. The first-order chi connectivity index (χ1) is 9.66. The number of likely N-dealkylation sites (tertiary alicyclic amines) is 1. The maximum absolute atomic E-state index is 12.0. The Hall–Kier alpha value is -2.11. The molecule has 1 atom stereocenters. The summed E-state index contributed by atoms with van der Waals surface area (Å²) in [6, 6.07) is 3.49. The molecule has 6 nitrogen and oxygen atoms in total. The highest BCUT2D eigenvalue weighted by Gasteiger charge is 2.29. The lowest BCUT2D eigenvalue weighted by Gasteiger charge is -2.23. The largest absolute Gasteiger partial charge is 0.481 e. The van der Waals surface area contributed by atoms with Crippen LogP contribution in [0.2, 0.25) is 0 Å². The highest BCUT2D eigenvalue weighted by Crippen LogP contribution is 2.19. The average molecular weight is 277 g/mol. The molecule has 108 valence electrons. The fraction of sp³-hybridized carbons (Fsp3) is 0.500. The first kappa shape index (κ1) is 14.3. The summed E-state index contributed by atoms with van der Waals surface area (Å²) < 4.78 is 0. The lowest BCUT2D eigenvalue weighted by Crippen LogP contribution is -2.44. The van der Waals surface area contributed by atoms with E-state index < -0.39 is 5.97 Å². The van der Waals surface area contributed by atoms with Gasteiger partial charge in [0.15, 0.2) is 0 Å². The Labute approximate surface area is 117 Å². The van der Waals surface area contributed by atoms with E-state index in [2.05, 4.69) is 10.3 Å². The first-order valence-corrected chi connectivity index (χ1v) is 6.82. The molecule has 0 saturated carbocycles. The number of carboxylic acids is 1. The van der Waals surface area contributed by atoms with Crippen LogP contribution >= 0.6 is 0 Å². The maximum atomic E-state index is 12.0.